The highest BCUT2D eigenvalue weighted by atomic mass is 16.7. The molecule has 2 aliphatic heterocycles. The molecule has 3 rings (SSSR count). The first kappa shape index (κ1) is 7.69. The zero-order chi connectivity index (χ0) is 24.8. The summed E-state index contributed by atoms with van der Waals surface area (Å²) < 4.78 is 93.3. The second-order valence-electron chi connectivity index (χ2n) is 6.37. The quantitative estimate of drug-likeness (QED) is 0.844. The minimum Gasteiger partial charge on any atom is -0.399 e. The molecular weight excluding hydrogens is 275 g/mol. The van der Waals surface area contributed by atoms with Gasteiger partial charge >= 0.3 is 7.12 Å². The summed E-state index contributed by atoms with van der Waals surface area (Å²) in [5.41, 5.74) is -1.07. The van der Waals surface area contributed by atoms with Gasteiger partial charge in [0.25, 0.3) is 0 Å². The van der Waals surface area contributed by atoms with Gasteiger partial charge < -0.3 is 19.5 Å². The van der Waals surface area contributed by atoms with Gasteiger partial charge in [-0.25, -0.2) is 0 Å². The monoisotopic (exact) mass is 312 g/mol. The number of piperazine rings is 1. The van der Waals surface area contributed by atoms with Crippen LogP contribution < -0.4 is 15.7 Å². The Hall–Kier alpha value is -1.04. The van der Waals surface area contributed by atoms with Crippen LogP contribution in [0.4, 0.5) is 5.69 Å². The van der Waals surface area contributed by atoms with Gasteiger partial charge in [0.1, 0.15) is 0 Å². The molecule has 1 atom stereocenters. The van der Waals surface area contributed by atoms with Crippen LogP contribution >= 0.6 is 0 Å². The second kappa shape index (κ2) is 5.55. The van der Waals surface area contributed by atoms with Crippen LogP contribution in [0.1, 0.15) is 48.3 Å². The van der Waals surface area contributed by atoms with Crippen molar-refractivity contribution in [2.75, 3.05) is 24.4 Å². The van der Waals surface area contributed by atoms with E-state index in [0.29, 0.717) is 10.4 Å². The maximum absolute atomic E-state index is 8.48. The third-order valence-electron chi connectivity index (χ3n) is 4.23. The van der Waals surface area contributed by atoms with Crippen molar-refractivity contribution in [2.24, 2.45) is 0 Å². The molecule has 1 N–H and O–H groups in total. The van der Waals surface area contributed by atoms with Crippen LogP contribution in [0.15, 0.2) is 24.3 Å². The molecule has 1 aromatic carbocycles. The minimum absolute atomic E-state index is 0.154. The predicted molar refractivity (Wildman–Crippen MR) is 91.8 cm³/mol. The van der Waals surface area contributed by atoms with Crippen molar-refractivity contribution in [2.45, 2.75) is 51.8 Å². The van der Waals surface area contributed by atoms with Gasteiger partial charge in [-0.3, -0.25) is 0 Å². The molecular formula is C17H27BN2O2. The highest BCUT2D eigenvalue weighted by Gasteiger charge is 2.51. The topological polar surface area (TPSA) is 33.7 Å². The van der Waals surface area contributed by atoms with E-state index in [2.05, 4.69) is 0 Å². The third kappa shape index (κ3) is 2.90. The first-order chi connectivity index (χ1) is 14.1. The van der Waals surface area contributed by atoms with E-state index in [-0.39, 0.29) is 5.69 Å². The first-order valence-corrected chi connectivity index (χ1v) is 7.16. The Morgan fingerprint density at radius 2 is 2.09 bits per heavy atom. The van der Waals surface area contributed by atoms with Crippen LogP contribution in [-0.2, 0) is 9.31 Å². The Balaban J connectivity index is 2.14. The fourth-order valence-electron chi connectivity index (χ4n) is 2.23. The highest BCUT2D eigenvalue weighted by molar-refractivity contribution is 6.62. The fraction of sp³-hybridized carbons (Fsp3) is 0.647. The zero-order valence-corrected chi connectivity index (χ0v) is 13.2. The standard InChI is InChI=1S/C17H27BN2O2/c1-13-12-20(10-9-19-13)15-8-6-7-14(11-15)18-21-16(2,3)17(4,5)22-18/h6-8,11,13,19H,9-10,12H2,1-5H3/i1D3,9D2,10D2,12D2,13D. The number of anilines is 1. The number of nitrogens with one attached hydrogen (secondary N) is 1. The largest absolute Gasteiger partial charge is 0.494 e. The van der Waals surface area contributed by atoms with Gasteiger partial charge in [0, 0.05) is 39.4 Å². The molecule has 2 heterocycles. The molecule has 120 valence electrons. The predicted octanol–water partition coefficient (Wildman–Crippen LogP) is 1.78. The molecule has 2 fully saturated rings. The molecule has 0 bridgehead atoms. The van der Waals surface area contributed by atoms with Crippen LogP contribution in [-0.4, -0.2) is 43.8 Å². The molecule has 4 nitrogen and oxygen atoms in total. The number of rotatable bonds is 2. The van der Waals surface area contributed by atoms with Gasteiger partial charge in [-0.2, -0.15) is 0 Å². The van der Waals surface area contributed by atoms with Gasteiger partial charge in [0.05, 0.1) is 16.7 Å². The minimum atomic E-state index is -3.32. The molecule has 1 aromatic rings. The lowest BCUT2D eigenvalue weighted by Crippen LogP contribution is -2.49. The molecule has 5 heteroatoms. The summed E-state index contributed by atoms with van der Waals surface area (Å²) in [5, 5.41) is 1.78. The van der Waals surface area contributed by atoms with Crippen LogP contribution in [0.5, 0.6) is 0 Å². The number of benzene rings is 1. The van der Waals surface area contributed by atoms with E-state index in [4.69, 9.17) is 23.0 Å². The lowest BCUT2D eigenvalue weighted by molar-refractivity contribution is 0.00578. The lowest BCUT2D eigenvalue weighted by Gasteiger charge is -2.34. The molecule has 0 amide bonds. The average molecular weight is 312 g/mol. The Bertz CT molecular complexity index is 892. The van der Waals surface area contributed by atoms with Crippen LogP contribution in [0.3, 0.4) is 0 Å². The Kier molecular flexibility index (Phi) is 1.94. The SMILES string of the molecule is [2H]C([2H])([2H])C1([2H])NC([2H])([2H])C([2H])([2H])N(c2cccc(B3OC(C)(C)C(C)(C)O3)c2)C1([2H])[2H]. The molecule has 0 saturated carbocycles. The second-order valence-corrected chi connectivity index (χ2v) is 6.37. The summed E-state index contributed by atoms with van der Waals surface area (Å²) in [6.07, 6.45) is 0. The highest BCUT2D eigenvalue weighted by Crippen LogP contribution is 2.36. The number of hydrogen-bond acceptors (Lipinski definition) is 4. The van der Waals surface area contributed by atoms with Gasteiger partial charge in [-0.1, -0.05) is 12.1 Å². The van der Waals surface area contributed by atoms with E-state index in [0.717, 1.165) is 0 Å². The van der Waals surface area contributed by atoms with Crippen molar-refractivity contribution in [1.82, 2.24) is 5.32 Å². The van der Waals surface area contributed by atoms with Crippen molar-refractivity contribution in [3.63, 3.8) is 0 Å². The zero-order valence-electron chi connectivity index (χ0n) is 23.2. The van der Waals surface area contributed by atoms with E-state index in [9.17, 15) is 0 Å². The Labute approximate surface area is 148 Å². The van der Waals surface area contributed by atoms with Crippen molar-refractivity contribution in [1.29, 1.82) is 0 Å². The molecule has 0 spiro atoms. The van der Waals surface area contributed by atoms with E-state index < -0.39 is 50.7 Å². The van der Waals surface area contributed by atoms with Crippen LogP contribution in [0.2, 0.25) is 0 Å². The van der Waals surface area contributed by atoms with Gasteiger partial charge in [0.15, 0.2) is 0 Å². The van der Waals surface area contributed by atoms with Crippen molar-refractivity contribution in [3.05, 3.63) is 24.3 Å². The number of hydrogen-bond donors (Lipinski definition) is 1. The van der Waals surface area contributed by atoms with Crippen LogP contribution in [0.25, 0.3) is 0 Å². The molecule has 1 unspecified atom stereocenters. The lowest BCUT2D eigenvalue weighted by atomic mass is 9.79. The van der Waals surface area contributed by atoms with Crippen molar-refractivity contribution in [3.8, 4) is 0 Å². The first-order valence-electron chi connectivity index (χ1n) is 12.2. The normalized spacial score (nSPS) is 44.7. The average Bonchev–Trinajstić information content (AvgIpc) is 2.80. The summed E-state index contributed by atoms with van der Waals surface area (Å²) in [7, 11) is -0.861. The summed E-state index contributed by atoms with van der Waals surface area (Å²) in [6.45, 7) is -5.22. The van der Waals surface area contributed by atoms with Crippen molar-refractivity contribution < 1.29 is 23.0 Å². The summed E-state index contributed by atoms with van der Waals surface area (Å²) in [5.74, 6) is 0. The summed E-state index contributed by atoms with van der Waals surface area (Å²) in [4.78, 5) is 0.380. The van der Waals surface area contributed by atoms with Crippen molar-refractivity contribution >= 4 is 18.3 Å². The van der Waals surface area contributed by atoms with E-state index >= 15 is 0 Å². The van der Waals surface area contributed by atoms with Gasteiger partial charge in [-0.15, -0.1) is 0 Å². The molecule has 0 radical (unpaired) electrons. The van der Waals surface area contributed by atoms with Crippen LogP contribution in [0, 0.1) is 0 Å². The molecule has 0 aromatic heterocycles. The molecule has 22 heavy (non-hydrogen) atoms. The Morgan fingerprint density at radius 3 is 2.77 bits per heavy atom. The van der Waals surface area contributed by atoms with E-state index in [1.807, 2.05) is 27.7 Å². The van der Waals surface area contributed by atoms with E-state index in [1.165, 1.54) is 18.2 Å². The smallest absolute Gasteiger partial charge is 0.399 e. The third-order valence-corrected chi connectivity index (χ3v) is 4.23. The molecule has 2 saturated heterocycles. The number of nitrogens with zero attached hydrogens (tertiary/aromatic N) is 1. The fourth-order valence-corrected chi connectivity index (χ4v) is 2.23. The Morgan fingerprint density at radius 1 is 1.36 bits per heavy atom. The molecule has 0 aliphatic carbocycles. The maximum Gasteiger partial charge on any atom is 0.494 e. The molecule has 2 aliphatic rings. The van der Waals surface area contributed by atoms with Gasteiger partial charge in [0.2, 0.25) is 0 Å². The van der Waals surface area contributed by atoms with E-state index in [1.54, 1.807) is 11.4 Å². The summed E-state index contributed by atoms with van der Waals surface area (Å²) >= 11 is 0. The maximum atomic E-state index is 8.48. The van der Waals surface area contributed by atoms with Gasteiger partial charge in [-0.05, 0) is 52.1 Å². The summed E-state index contributed by atoms with van der Waals surface area (Å²) in [6, 6.07) is 2.63.